The maximum atomic E-state index is 5.56. The van der Waals surface area contributed by atoms with E-state index in [0.29, 0.717) is 0 Å². The summed E-state index contributed by atoms with van der Waals surface area (Å²) in [6.45, 7) is 2.04. The Morgan fingerprint density at radius 3 is 2.91 bits per heavy atom. The molecule has 11 heavy (non-hydrogen) atoms. The highest BCUT2D eigenvalue weighted by Gasteiger charge is 1.75. The SMILES string of the molecule is [B]C(=C/CC)/C=C/C=N\NC. The summed E-state index contributed by atoms with van der Waals surface area (Å²) >= 11 is 0. The highest BCUT2D eigenvalue weighted by atomic mass is 15.3. The molecule has 0 aromatic heterocycles. The predicted octanol–water partition coefficient (Wildman–Crippen LogP) is 1.21. The molecule has 2 nitrogen and oxygen atoms in total. The summed E-state index contributed by atoms with van der Waals surface area (Å²) in [6, 6.07) is 0. The first-order valence-electron chi connectivity index (χ1n) is 3.63. The Kier molecular flexibility index (Phi) is 6.49. The number of rotatable bonds is 4. The summed E-state index contributed by atoms with van der Waals surface area (Å²) in [6.07, 6.45) is 8.15. The summed E-state index contributed by atoms with van der Waals surface area (Å²) in [5.74, 6) is 0. The second-order valence-corrected chi connectivity index (χ2v) is 1.97. The largest absolute Gasteiger partial charge is 0.313 e. The van der Waals surface area contributed by atoms with E-state index in [9.17, 15) is 0 Å². The van der Waals surface area contributed by atoms with Gasteiger partial charge in [0.25, 0.3) is 0 Å². The third-order valence-electron chi connectivity index (χ3n) is 1.02. The molecule has 58 valence electrons. The molecule has 0 spiro atoms. The van der Waals surface area contributed by atoms with Crippen molar-refractivity contribution in [2.24, 2.45) is 5.10 Å². The van der Waals surface area contributed by atoms with Crippen LogP contribution in [0.15, 0.2) is 28.8 Å². The molecule has 0 heterocycles. The fourth-order valence-electron chi connectivity index (χ4n) is 0.575. The van der Waals surface area contributed by atoms with Crippen LogP contribution in [-0.2, 0) is 0 Å². The number of hydrogen-bond acceptors (Lipinski definition) is 2. The van der Waals surface area contributed by atoms with Crippen molar-refractivity contribution in [1.82, 2.24) is 5.43 Å². The van der Waals surface area contributed by atoms with Crippen LogP contribution in [0.3, 0.4) is 0 Å². The third-order valence-corrected chi connectivity index (χ3v) is 1.02. The lowest BCUT2D eigenvalue weighted by atomic mass is 9.94. The van der Waals surface area contributed by atoms with E-state index in [1.807, 2.05) is 19.1 Å². The first kappa shape index (κ1) is 10.0. The molecule has 3 heteroatoms. The van der Waals surface area contributed by atoms with Crippen LogP contribution in [-0.4, -0.2) is 21.1 Å². The highest BCUT2D eigenvalue weighted by molar-refractivity contribution is 6.23. The van der Waals surface area contributed by atoms with E-state index in [4.69, 9.17) is 7.85 Å². The predicted molar refractivity (Wildman–Crippen MR) is 50.8 cm³/mol. The molecule has 1 N–H and O–H groups in total. The van der Waals surface area contributed by atoms with Gasteiger partial charge in [-0.3, -0.25) is 0 Å². The summed E-state index contributed by atoms with van der Waals surface area (Å²) in [4.78, 5) is 0. The highest BCUT2D eigenvalue weighted by Crippen LogP contribution is 1.91. The van der Waals surface area contributed by atoms with Gasteiger partial charge in [0, 0.05) is 13.3 Å². The Balaban J connectivity index is 3.73. The van der Waals surface area contributed by atoms with Crippen LogP contribution in [0.2, 0.25) is 0 Å². The first-order valence-corrected chi connectivity index (χ1v) is 3.63. The molecule has 0 aliphatic rings. The molecule has 0 saturated carbocycles. The van der Waals surface area contributed by atoms with Gasteiger partial charge >= 0.3 is 0 Å². The molecule has 0 fully saturated rings. The van der Waals surface area contributed by atoms with Gasteiger partial charge in [-0.1, -0.05) is 19.1 Å². The Bertz CT molecular complexity index is 171. The topological polar surface area (TPSA) is 24.4 Å². The van der Waals surface area contributed by atoms with E-state index in [0.717, 1.165) is 11.9 Å². The van der Waals surface area contributed by atoms with E-state index in [1.54, 1.807) is 19.3 Å². The smallest absolute Gasteiger partial charge is 0.113 e. The van der Waals surface area contributed by atoms with Gasteiger partial charge in [-0.25, -0.2) is 0 Å². The summed E-state index contributed by atoms with van der Waals surface area (Å²) in [5.41, 5.74) is 3.40. The zero-order chi connectivity index (χ0) is 8.53. The minimum Gasteiger partial charge on any atom is -0.313 e. The van der Waals surface area contributed by atoms with Crippen molar-refractivity contribution in [2.75, 3.05) is 7.05 Å². The van der Waals surface area contributed by atoms with Gasteiger partial charge in [0.15, 0.2) is 0 Å². The summed E-state index contributed by atoms with van der Waals surface area (Å²) in [5, 5.41) is 3.76. The maximum Gasteiger partial charge on any atom is 0.113 e. The molecule has 2 radical (unpaired) electrons. The molecule has 0 aromatic rings. The van der Waals surface area contributed by atoms with E-state index < -0.39 is 0 Å². The zero-order valence-corrected chi connectivity index (χ0v) is 7.04. The standard InChI is InChI=1S/C8H13BN2/c1-3-5-8(9)6-4-7-11-10-2/h4-7,10H,3H2,1-2H3/b6-4+,8-5+,11-7-. The maximum absolute atomic E-state index is 5.56. The average molecular weight is 148 g/mol. The molecule has 0 aliphatic heterocycles. The Hall–Kier alpha value is -0.985. The second kappa shape index (κ2) is 7.13. The number of nitrogens with one attached hydrogen (secondary N) is 1. The fourth-order valence-corrected chi connectivity index (χ4v) is 0.575. The van der Waals surface area contributed by atoms with E-state index >= 15 is 0 Å². The van der Waals surface area contributed by atoms with E-state index in [1.165, 1.54) is 0 Å². The Labute approximate surface area is 69.5 Å². The molecule has 0 aromatic carbocycles. The molecular formula is C8H13BN2. The van der Waals surface area contributed by atoms with E-state index in [-0.39, 0.29) is 0 Å². The van der Waals surface area contributed by atoms with Gasteiger partial charge in [0.05, 0.1) is 0 Å². The Morgan fingerprint density at radius 1 is 1.64 bits per heavy atom. The van der Waals surface area contributed by atoms with Crippen molar-refractivity contribution >= 4 is 14.1 Å². The van der Waals surface area contributed by atoms with Crippen LogP contribution in [0.5, 0.6) is 0 Å². The number of hydrogen-bond donors (Lipinski definition) is 1. The third kappa shape index (κ3) is 6.91. The quantitative estimate of drug-likeness (QED) is 0.275. The van der Waals surface area contributed by atoms with Crippen LogP contribution in [0.25, 0.3) is 0 Å². The fraction of sp³-hybridized carbons (Fsp3) is 0.375. The van der Waals surface area contributed by atoms with Crippen LogP contribution in [0.4, 0.5) is 0 Å². The number of nitrogens with zero attached hydrogens (tertiary/aromatic N) is 1. The summed E-state index contributed by atoms with van der Waals surface area (Å²) < 4.78 is 0. The van der Waals surface area contributed by atoms with Crippen molar-refractivity contribution < 1.29 is 0 Å². The molecular weight excluding hydrogens is 135 g/mol. The van der Waals surface area contributed by atoms with Gasteiger partial charge in [0.1, 0.15) is 7.85 Å². The second-order valence-electron chi connectivity index (χ2n) is 1.97. The van der Waals surface area contributed by atoms with Gasteiger partial charge in [-0.2, -0.15) is 5.10 Å². The number of hydrazone groups is 1. The first-order chi connectivity index (χ1) is 5.31. The van der Waals surface area contributed by atoms with Crippen molar-refractivity contribution in [1.29, 1.82) is 0 Å². The molecule has 0 atom stereocenters. The lowest BCUT2D eigenvalue weighted by Crippen LogP contribution is -1.91. The molecule has 0 unspecified atom stereocenters. The minimum absolute atomic E-state index is 0.773. The molecule has 0 amide bonds. The molecule has 0 rings (SSSR count). The van der Waals surface area contributed by atoms with Crippen LogP contribution < -0.4 is 5.43 Å². The Morgan fingerprint density at radius 2 is 2.36 bits per heavy atom. The van der Waals surface area contributed by atoms with Crippen molar-refractivity contribution in [3.63, 3.8) is 0 Å². The minimum atomic E-state index is 0.773. The van der Waals surface area contributed by atoms with Gasteiger partial charge in [0.2, 0.25) is 0 Å². The van der Waals surface area contributed by atoms with Crippen LogP contribution >= 0.6 is 0 Å². The average Bonchev–Trinajstić information content (AvgIpc) is 1.99. The molecule has 0 aliphatic carbocycles. The van der Waals surface area contributed by atoms with Crippen molar-refractivity contribution in [3.8, 4) is 0 Å². The lowest BCUT2D eigenvalue weighted by molar-refractivity contribution is 0.909. The van der Waals surface area contributed by atoms with E-state index in [2.05, 4.69) is 10.5 Å². The molecule has 0 saturated heterocycles. The van der Waals surface area contributed by atoms with Crippen molar-refractivity contribution in [3.05, 3.63) is 23.7 Å². The van der Waals surface area contributed by atoms with Crippen molar-refractivity contribution in [2.45, 2.75) is 13.3 Å². The van der Waals surface area contributed by atoms with Gasteiger partial charge in [-0.15, -0.1) is 5.47 Å². The van der Waals surface area contributed by atoms with Gasteiger partial charge < -0.3 is 5.43 Å². The summed E-state index contributed by atoms with van der Waals surface area (Å²) in [7, 11) is 7.30. The van der Waals surface area contributed by atoms with Crippen LogP contribution in [0, 0.1) is 0 Å². The normalized spacial score (nSPS) is 13.1. The number of allylic oxidation sites excluding steroid dienone is 4. The van der Waals surface area contributed by atoms with Crippen LogP contribution in [0.1, 0.15) is 13.3 Å². The molecule has 0 bridgehead atoms. The zero-order valence-electron chi connectivity index (χ0n) is 7.04. The monoisotopic (exact) mass is 148 g/mol. The van der Waals surface area contributed by atoms with Gasteiger partial charge in [-0.05, 0) is 12.5 Å². The lowest BCUT2D eigenvalue weighted by Gasteiger charge is -1.87.